The van der Waals surface area contributed by atoms with Gasteiger partial charge in [-0.1, -0.05) is 0 Å². The van der Waals surface area contributed by atoms with Crippen LogP contribution < -0.4 is 5.32 Å². The highest BCUT2D eigenvalue weighted by molar-refractivity contribution is 5.98. The van der Waals surface area contributed by atoms with Crippen LogP contribution >= 0.6 is 0 Å². The number of ketones is 1. The molecule has 0 aromatic heterocycles. The van der Waals surface area contributed by atoms with Crippen LogP contribution in [0.25, 0.3) is 0 Å². The first-order chi connectivity index (χ1) is 11.6. The number of nitrogens with one attached hydrogen (secondary N) is 1. The number of Topliss-reactive ketones (excluding diaryl/α,β-unsaturated/α-hetero) is 1. The van der Waals surface area contributed by atoms with E-state index in [1.54, 1.807) is 11.8 Å². The van der Waals surface area contributed by atoms with Crippen molar-refractivity contribution < 1.29 is 14.3 Å². The molecule has 2 heterocycles. The Kier molecular flexibility index (Phi) is 5.04. The Labute approximate surface area is 142 Å². The maximum absolute atomic E-state index is 12.5. The van der Waals surface area contributed by atoms with Crippen molar-refractivity contribution >= 4 is 17.6 Å². The fraction of sp³-hybridized carbons (Fsp3) is 0.556. The largest absolute Gasteiger partial charge is 0.450 e. The van der Waals surface area contributed by atoms with E-state index in [0.29, 0.717) is 45.4 Å². The van der Waals surface area contributed by atoms with Crippen LogP contribution in [0.5, 0.6) is 0 Å². The van der Waals surface area contributed by atoms with Gasteiger partial charge in [0.25, 0.3) is 0 Å². The number of hydrogen-bond donors (Lipinski definition) is 1. The zero-order valence-electron chi connectivity index (χ0n) is 14.4. The predicted octanol–water partition coefficient (Wildman–Crippen LogP) is 2.00. The van der Waals surface area contributed by atoms with Gasteiger partial charge in [0.1, 0.15) is 0 Å². The van der Waals surface area contributed by atoms with E-state index in [0.717, 1.165) is 17.7 Å². The van der Waals surface area contributed by atoms with Crippen LogP contribution in [0.2, 0.25) is 0 Å². The van der Waals surface area contributed by atoms with Crippen molar-refractivity contribution in [3.8, 4) is 0 Å². The van der Waals surface area contributed by atoms with Crippen LogP contribution in [-0.2, 0) is 11.2 Å². The van der Waals surface area contributed by atoms with Crippen LogP contribution in [-0.4, -0.2) is 67.0 Å². The van der Waals surface area contributed by atoms with E-state index in [-0.39, 0.29) is 11.9 Å². The normalized spacial score (nSPS) is 20.4. The number of carbonyl (C=O) groups excluding carboxylic acids is 2. The first-order valence-corrected chi connectivity index (χ1v) is 8.63. The van der Waals surface area contributed by atoms with Gasteiger partial charge >= 0.3 is 6.09 Å². The maximum Gasteiger partial charge on any atom is 0.409 e. The molecule has 0 radical (unpaired) electrons. The van der Waals surface area contributed by atoms with Gasteiger partial charge in [-0.05, 0) is 44.0 Å². The van der Waals surface area contributed by atoms with Gasteiger partial charge in [-0.25, -0.2) is 4.79 Å². The molecule has 3 rings (SSSR count). The lowest BCUT2D eigenvalue weighted by molar-refractivity contribution is 0.0733. The molecule has 6 heteroatoms. The van der Waals surface area contributed by atoms with Crippen LogP contribution in [0.4, 0.5) is 10.5 Å². The zero-order valence-corrected chi connectivity index (χ0v) is 14.4. The van der Waals surface area contributed by atoms with Crippen molar-refractivity contribution in [1.29, 1.82) is 0 Å². The van der Waals surface area contributed by atoms with Gasteiger partial charge in [-0.3, -0.25) is 9.69 Å². The molecule has 0 aliphatic carbocycles. The third-order valence-electron chi connectivity index (χ3n) is 4.62. The minimum Gasteiger partial charge on any atom is -0.450 e. The molecule has 0 bridgehead atoms. The smallest absolute Gasteiger partial charge is 0.409 e. The molecular weight excluding hydrogens is 306 g/mol. The number of rotatable bonds is 4. The van der Waals surface area contributed by atoms with Gasteiger partial charge in [0.2, 0.25) is 0 Å². The van der Waals surface area contributed by atoms with Gasteiger partial charge < -0.3 is 15.0 Å². The van der Waals surface area contributed by atoms with Crippen LogP contribution in [0, 0.1) is 0 Å². The van der Waals surface area contributed by atoms with E-state index < -0.39 is 0 Å². The first kappa shape index (κ1) is 16.8. The summed E-state index contributed by atoms with van der Waals surface area (Å²) in [6.45, 7) is 7.36. The highest BCUT2D eigenvalue weighted by atomic mass is 16.6. The number of nitrogens with zero attached hydrogens (tertiary/aromatic N) is 2. The summed E-state index contributed by atoms with van der Waals surface area (Å²) in [6.07, 6.45) is 0.706. The minimum absolute atomic E-state index is 0.141. The van der Waals surface area contributed by atoms with E-state index in [2.05, 4.69) is 17.1 Å². The number of carbonyl (C=O) groups is 2. The van der Waals surface area contributed by atoms with Gasteiger partial charge in [-0.2, -0.15) is 0 Å². The highest BCUT2D eigenvalue weighted by Gasteiger charge is 2.24. The van der Waals surface area contributed by atoms with Crippen molar-refractivity contribution in [2.45, 2.75) is 26.3 Å². The molecule has 130 valence electrons. The maximum atomic E-state index is 12.5. The Morgan fingerprint density at radius 2 is 2.00 bits per heavy atom. The predicted molar refractivity (Wildman–Crippen MR) is 92.6 cm³/mol. The summed E-state index contributed by atoms with van der Waals surface area (Å²) in [5, 5.41) is 3.40. The summed E-state index contributed by atoms with van der Waals surface area (Å²) in [5.74, 6) is 0.141. The van der Waals surface area contributed by atoms with E-state index in [1.165, 1.54) is 5.56 Å². The molecule has 2 aliphatic rings. The molecule has 0 saturated carbocycles. The summed E-state index contributed by atoms with van der Waals surface area (Å²) in [4.78, 5) is 28.0. The van der Waals surface area contributed by atoms with Crippen molar-refractivity contribution in [2.75, 3.05) is 44.6 Å². The second kappa shape index (κ2) is 7.21. The molecule has 1 N–H and O–H groups in total. The molecule has 1 saturated heterocycles. The lowest BCUT2D eigenvalue weighted by Crippen LogP contribution is -2.50. The topological polar surface area (TPSA) is 61.9 Å². The fourth-order valence-electron chi connectivity index (χ4n) is 3.32. The number of anilines is 1. The van der Waals surface area contributed by atoms with Crippen molar-refractivity contribution in [3.63, 3.8) is 0 Å². The molecule has 0 spiro atoms. The van der Waals surface area contributed by atoms with E-state index in [9.17, 15) is 9.59 Å². The summed E-state index contributed by atoms with van der Waals surface area (Å²) in [7, 11) is 0. The number of amides is 1. The molecule has 2 aliphatic heterocycles. The van der Waals surface area contributed by atoms with E-state index in [4.69, 9.17) is 4.74 Å². The van der Waals surface area contributed by atoms with Crippen LogP contribution in [0.15, 0.2) is 18.2 Å². The number of ether oxygens (including phenoxy) is 1. The second-order valence-corrected chi connectivity index (χ2v) is 6.51. The Morgan fingerprint density at radius 3 is 2.71 bits per heavy atom. The molecule has 6 nitrogen and oxygen atoms in total. The standard InChI is InChI=1S/C18H25N3O3/c1-3-24-18(23)21-8-6-20(7-9-21)12-17(22)14-4-5-16-15(11-14)10-13(2)19-16/h4-5,11,13,19H,3,6-10,12H2,1-2H3. The lowest BCUT2D eigenvalue weighted by Gasteiger charge is -2.33. The highest BCUT2D eigenvalue weighted by Crippen LogP contribution is 2.26. The SMILES string of the molecule is CCOC(=O)N1CCN(CC(=O)c2ccc3c(c2)CC(C)N3)CC1. The average Bonchev–Trinajstić information content (AvgIpc) is 2.94. The van der Waals surface area contributed by atoms with Crippen LogP contribution in [0.1, 0.15) is 29.8 Å². The van der Waals surface area contributed by atoms with Crippen molar-refractivity contribution in [3.05, 3.63) is 29.3 Å². The summed E-state index contributed by atoms with van der Waals surface area (Å²) < 4.78 is 5.01. The Bertz CT molecular complexity index is 624. The summed E-state index contributed by atoms with van der Waals surface area (Å²) >= 11 is 0. The molecule has 1 atom stereocenters. The number of hydrogen-bond acceptors (Lipinski definition) is 5. The van der Waals surface area contributed by atoms with Crippen molar-refractivity contribution in [2.24, 2.45) is 0 Å². The lowest BCUT2D eigenvalue weighted by atomic mass is 10.0. The molecule has 1 aromatic carbocycles. The number of piperazine rings is 1. The Balaban J connectivity index is 1.53. The molecular formula is C18H25N3O3. The van der Waals surface area contributed by atoms with E-state index in [1.807, 2.05) is 18.2 Å². The van der Waals surface area contributed by atoms with Crippen LogP contribution in [0.3, 0.4) is 0 Å². The molecule has 1 aromatic rings. The van der Waals surface area contributed by atoms with Gasteiger partial charge in [-0.15, -0.1) is 0 Å². The van der Waals surface area contributed by atoms with E-state index >= 15 is 0 Å². The zero-order chi connectivity index (χ0) is 17.1. The molecule has 24 heavy (non-hydrogen) atoms. The molecule has 1 fully saturated rings. The Morgan fingerprint density at radius 1 is 1.25 bits per heavy atom. The van der Waals surface area contributed by atoms with Gasteiger partial charge in [0.05, 0.1) is 13.2 Å². The average molecular weight is 331 g/mol. The molecule has 1 amide bonds. The third-order valence-corrected chi connectivity index (χ3v) is 4.62. The second-order valence-electron chi connectivity index (χ2n) is 6.51. The summed E-state index contributed by atoms with van der Waals surface area (Å²) in [5.41, 5.74) is 3.14. The Hall–Kier alpha value is -2.08. The fourth-order valence-corrected chi connectivity index (χ4v) is 3.32. The monoisotopic (exact) mass is 331 g/mol. The molecule has 1 unspecified atom stereocenters. The summed E-state index contributed by atoms with van der Waals surface area (Å²) in [6, 6.07) is 6.36. The van der Waals surface area contributed by atoms with Gasteiger partial charge in [0, 0.05) is 43.5 Å². The third kappa shape index (κ3) is 3.70. The van der Waals surface area contributed by atoms with Gasteiger partial charge in [0.15, 0.2) is 5.78 Å². The number of benzene rings is 1. The minimum atomic E-state index is -0.260. The first-order valence-electron chi connectivity index (χ1n) is 8.63. The quantitative estimate of drug-likeness (QED) is 0.855. The van der Waals surface area contributed by atoms with Crippen molar-refractivity contribution in [1.82, 2.24) is 9.80 Å². The number of fused-ring (bicyclic) bond motifs is 1.